The minimum Gasteiger partial charge on any atom is -0.322 e. The number of nitrogens with one attached hydrogen (secondary N) is 2. The van der Waals surface area contributed by atoms with Gasteiger partial charge in [0, 0.05) is 17.8 Å². The number of carbonyl (C=O) groups excluding carboxylic acids is 1. The third-order valence-electron chi connectivity index (χ3n) is 4.47. The van der Waals surface area contributed by atoms with Crippen molar-refractivity contribution in [3.63, 3.8) is 0 Å². The maximum atomic E-state index is 12.7. The van der Waals surface area contributed by atoms with E-state index in [1.54, 1.807) is 29.5 Å². The average molecular weight is 438 g/mol. The third-order valence-corrected chi connectivity index (χ3v) is 6.80. The Hall–Kier alpha value is -3.07. The Bertz CT molecular complexity index is 1320. The highest BCUT2D eigenvalue weighted by Gasteiger charge is 2.16. The zero-order valence-corrected chi connectivity index (χ0v) is 17.8. The molecule has 0 unspecified atom stereocenters. The van der Waals surface area contributed by atoms with Crippen LogP contribution in [0.25, 0.3) is 10.2 Å². The summed E-state index contributed by atoms with van der Waals surface area (Å²) in [5.41, 5.74) is 2.63. The highest BCUT2D eigenvalue weighted by molar-refractivity contribution is 7.89. The molecule has 1 heterocycles. The first-order valence-corrected chi connectivity index (χ1v) is 11.5. The number of hydrogen-bond acceptors (Lipinski definition) is 5. The van der Waals surface area contributed by atoms with Crippen LogP contribution in [0.4, 0.5) is 5.69 Å². The lowest BCUT2D eigenvalue weighted by molar-refractivity contribution is 0.102. The van der Waals surface area contributed by atoms with Gasteiger partial charge in [-0.3, -0.25) is 4.79 Å². The van der Waals surface area contributed by atoms with E-state index in [1.165, 1.54) is 12.1 Å². The summed E-state index contributed by atoms with van der Waals surface area (Å²) in [4.78, 5) is 17.1. The van der Waals surface area contributed by atoms with Crippen molar-refractivity contribution in [2.75, 3.05) is 5.32 Å². The number of thiazole rings is 1. The number of benzene rings is 3. The maximum Gasteiger partial charge on any atom is 0.255 e. The van der Waals surface area contributed by atoms with E-state index in [0.29, 0.717) is 5.69 Å². The molecule has 2 N–H and O–H groups in total. The standard InChI is InChI=1S/C22H19N3O3S2/c1-15-24-20-11-10-18(13-21(20)29-15)25-22(26)17-8-5-9-19(12-17)30(27,28)23-14-16-6-3-2-4-7-16/h2-13,23H,14H2,1H3,(H,25,26). The van der Waals surface area contributed by atoms with Crippen LogP contribution < -0.4 is 10.0 Å². The van der Waals surface area contributed by atoms with Crippen molar-refractivity contribution in [3.8, 4) is 0 Å². The molecular formula is C22H19N3O3S2. The molecule has 152 valence electrons. The summed E-state index contributed by atoms with van der Waals surface area (Å²) in [5.74, 6) is -0.379. The lowest BCUT2D eigenvalue weighted by Crippen LogP contribution is -2.23. The molecule has 8 heteroatoms. The molecule has 1 amide bonds. The van der Waals surface area contributed by atoms with Crippen LogP contribution in [-0.2, 0) is 16.6 Å². The lowest BCUT2D eigenvalue weighted by Gasteiger charge is -2.09. The molecule has 4 aromatic rings. The summed E-state index contributed by atoms with van der Waals surface area (Å²) in [6, 6.07) is 20.7. The molecule has 1 aromatic heterocycles. The molecule has 0 aliphatic carbocycles. The monoisotopic (exact) mass is 437 g/mol. The predicted molar refractivity (Wildman–Crippen MR) is 119 cm³/mol. The molecule has 0 aliphatic heterocycles. The highest BCUT2D eigenvalue weighted by Crippen LogP contribution is 2.25. The van der Waals surface area contributed by atoms with Crippen molar-refractivity contribution in [1.82, 2.24) is 9.71 Å². The van der Waals surface area contributed by atoms with Crippen LogP contribution in [0.15, 0.2) is 77.7 Å². The summed E-state index contributed by atoms with van der Waals surface area (Å²) in [6.07, 6.45) is 0. The summed E-state index contributed by atoms with van der Waals surface area (Å²) in [6.45, 7) is 2.11. The topological polar surface area (TPSA) is 88.2 Å². The fourth-order valence-corrected chi connectivity index (χ4v) is 4.91. The molecule has 0 spiro atoms. The molecule has 0 fully saturated rings. The van der Waals surface area contributed by atoms with Gasteiger partial charge in [-0.25, -0.2) is 18.1 Å². The zero-order chi connectivity index (χ0) is 21.1. The van der Waals surface area contributed by atoms with E-state index in [2.05, 4.69) is 15.0 Å². The summed E-state index contributed by atoms with van der Waals surface area (Å²) in [7, 11) is -3.75. The van der Waals surface area contributed by atoms with Gasteiger partial charge in [-0.1, -0.05) is 36.4 Å². The van der Waals surface area contributed by atoms with Crippen LogP contribution in [0.3, 0.4) is 0 Å². The van der Waals surface area contributed by atoms with Crippen LogP contribution in [0.1, 0.15) is 20.9 Å². The Balaban J connectivity index is 1.50. The van der Waals surface area contributed by atoms with Gasteiger partial charge in [-0.15, -0.1) is 11.3 Å². The fourth-order valence-electron chi connectivity index (χ4n) is 2.98. The van der Waals surface area contributed by atoms with E-state index in [9.17, 15) is 13.2 Å². The first-order valence-electron chi connectivity index (χ1n) is 9.23. The first-order chi connectivity index (χ1) is 14.4. The molecule has 0 radical (unpaired) electrons. The molecule has 6 nitrogen and oxygen atoms in total. The van der Waals surface area contributed by atoms with Crippen molar-refractivity contribution in [1.29, 1.82) is 0 Å². The Kier molecular flexibility index (Phi) is 5.63. The number of rotatable bonds is 6. The number of fused-ring (bicyclic) bond motifs is 1. The van der Waals surface area contributed by atoms with Crippen molar-refractivity contribution in [2.45, 2.75) is 18.4 Å². The molecule has 0 bridgehead atoms. The minimum atomic E-state index is -3.75. The molecule has 4 rings (SSSR count). The second-order valence-electron chi connectivity index (χ2n) is 6.71. The van der Waals surface area contributed by atoms with Gasteiger partial charge in [0.25, 0.3) is 5.91 Å². The molecule has 0 saturated carbocycles. The number of amides is 1. The van der Waals surface area contributed by atoms with E-state index >= 15 is 0 Å². The molecule has 0 aliphatic rings. The molecule has 0 atom stereocenters. The molecule has 0 saturated heterocycles. The van der Waals surface area contributed by atoms with Gasteiger partial charge in [0.1, 0.15) is 0 Å². The minimum absolute atomic E-state index is 0.0413. The number of sulfonamides is 1. The highest BCUT2D eigenvalue weighted by atomic mass is 32.2. The fraction of sp³-hybridized carbons (Fsp3) is 0.0909. The van der Waals surface area contributed by atoms with Gasteiger partial charge in [0.05, 0.1) is 20.1 Å². The van der Waals surface area contributed by atoms with Crippen LogP contribution in [0, 0.1) is 6.92 Å². The van der Waals surface area contributed by atoms with E-state index in [1.807, 2.05) is 49.4 Å². The van der Waals surface area contributed by atoms with Crippen LogP contribution in [-0.4, -0.2) is 19.3 Å². The number of anilines is 1. The summed E-state index contributed by atoms with van der Waals surface area (Å²) < 4.78 is 28.8. The third kappa shape index (κ3) is 4.56. The Labute approximate surface area is 178 Å². The molecule has 30 heavy (non-hydrogen) atoms. The van der Waals surface area contributed by atoms with Crippen molar-refractivity contribution in [2.24, 2.45) is 0 Å². The van der Waals surface area contributed by atoms with Gasteiger partial charge in [0.2, 0.25) is 10.0 Å². The number of aryl methyl sites for hydroxylation is 1. The second kappa shape index (κ2) is 8.35. The predicted octanol–water partition coefficient (Wildman–Crippen LogP) is 4.34. The van der Waals surface area contributed by atoms with Gasteiger partial charge in [-0.05, 0) is 48.9 Å². The van der Waals surface area contributed by atoms with E-state index in [0.717, 1.165) is 20.8 Å². The quantitative estimate of drug-likeness (QED) is 0.470. The summed E-state index contributed by atoms with van der Waals surface area (Å²) in [5, 5.41) is 3.77. The van der Waals surface area contributed by atoms with Gasteiger partial charge in [0.15, 0.2) is 0 Å². The van der Waals surface area contributed by atoms with Crippen molar-refractivity contribution < 1.29 is 13.2 Å². The smallest absolute Gasteiger partial charge is 0.255 e. The summed E-state index contributed by atoms with van der Waals surface area (Å²) >= 11 is 1.55. The average Bonchev–Trinajstić information content (AvgIpc) is 3.12. The zero-order valence-electron chi connectivity index (χ0n) is 16.1. The lowest BCUT2D eigenvalue weighted by atomic mass is 10.2. The number of carbonyl (C=O) groups is 1. The number of nitrogens with zero attached hydrogens (tertiary/aromatic N) is 1. The van der Waals surface area contributed by atoms with Crippen molar-refractivity contribution >= 4 is 43.2 Å². The largest absolute Gasteiger partial charge is 0.322 e. The van der Waals surface area contributed by atoms with E-state index in [4.69, 9.17) is 0 Å². The van der Waals surface area contributed by atoms with Gasteiger partial charge >= 0.3 is 0 Å². The van der Waals surface area contributed by atoms with E-state index < -0.39 is 10.0 Å². The van der Waals surface area contributed by atoms with Crippen LogP contribution in [0.5, 0.6) is 0 Å². The Morgan fingerprint density at radius 1 is 1.00 bits per heavy atom. The second-order valence-corrected chi connectivity index (χ2v) is 9.71. The maximum absolute atomic E-state index is 12.7. The normalized spacial score (nSPS) is 11.5. The van der Waals surface area contributed by atoms with Crippen LogP contribution in [0.2, 0.25) is 0 Å². The molecular weight excluding hydrogens is 418 g/mol. The SMILES string of the molecule is Cc1nc2ccc(NC(=O)c3cccc(S(=O)(=O)NCc4ccccc4)c3)cc2s1. The first kappa shape index (κ1) is 20.2. The van der Waals surface area contributed by atoms with Crippen molar-refractivity contribution in [3.05, 3.63) is 88.9 Å². The van der Waals surface area contributed by atoms with Crippen LogP contribution >= 0.6 is 11.3 Å². The number of hydrogen-bond donors (Lipinski definition) is 2. The van der Waals surface area contributed by atoms with Gasteiger partial charge < -0.3 is 5.32 Å². The Morgan fingerprint density at radius 3 is 2.60 bits per heavy atom. The Morgan fingerprint density at radius 2 is 1.80 bits per heavy atom. The van der Waals surface area contributed by atoms with Gasteiger partial charge in [-0.2, -0.15) is 0 Å². The number of aromatic nitrogens is 1. The molecule has 3 aromatic carbocycles. The van der Waals surface area contributed by atoms with E-state index in [-0.39, 0.29) is 22.9 Å².